The Morgan fingerprint density at radius 1 is 1.04 bits per heavy atom. The van der Waals surface area contributed by atoms with Gasteiger partial charge in [-0.1, -0.05) is 23.7 Å². The zero-order valence-electron chi connectivity index (χ0n) is 25.6. The predicted octanol–water partition coefficient (Wildman–Crippen LogP) is 1.81. The van der Waals surface area contributed by atoms with E-state index in [9.17, 15) is 44.2 Å². The Labute approximate surface area is 270 Å². The number of benzene rings is 2. The fraction of sp³-hybridized carbons (Fsp3) is 0.448. The highest BCUT2D eigenvalue weighted by molar-refractivity contribution is 7.92. The molecular formula is C29H38ClN5O10S. The topological polar surface area (TPSA) is 247 Å². The van der Waals surface area contributed by atoms with E-state index in [4.69, 9.17) is 16.3 Å². The third-order valence-corrected chi connectivity index (χ3v) is 9.50. The van der Waals surface area contributed by atoms with E-state index >= 15 is 0 Å². The normalized spacial score (nSPS) is 20.4. The minimum absolute atomic E-state index is 0.00682. The average Bonchev–Trinajstić information content (AvgIpc) is 2.88. The van der Waals surface area contributed by atoms with Crippen LogP contribution in [0.5, 0.6) is 5.75 Å². The smallest absolute Gasteiger partial charge is 0.304 e. The molecule has 4 rings (SSSR count). The van der Waals surface area contributed by atoms with E-state index in [1.165, 1.54) is 45.2 Å². The molecule has 0 bridgehead atoms. The Morgan fingerprint density at radius 3 is 2.28 bits per heavy atom. The fourth-order valence-electron chi connectivity index (χ4n) is 5.16. The summed E-state index contributed by atoms with van der Waals surface area (Å²) in [5, 5.41) is 80.1. The number of aliphatic hydroxyl groups is 7. The van der Waals surface area contributed by atoms with Crippen LogP contribution in [0.3, 0.4) is 0 Å². The molecule has 0 aliphatic carbocycles. The second-order valence-corrected chi connectivity index (χ2v) is 15.1. The zero-order chi connectivity index (χ0) is 34.5. The van der Waals surface area contributed by atoms with Crippen molar-refractivity contribution in [3.8, 4) is 5.75 Å². The van der Waals surface area contributed by atoms with Crippen molar-refractivity contribution in [2.24, 2.45) is 0 Å². The van der Waals surface area contributed by atoms with E-state index in [0.717, 1.165) is 6.07 Å². The highest BCUT2D eigenvalue weighted by Crippen LogP contribution is 2.44. The van der Waals surface area contributed by atoms with Gasteiger partial charge in [0, 0.05) is 25.8 Å². The quantitative estimate of drug-likeness (QED) is 0.137. The SMILES string of the molecule is CC(C)S(=O)(=O)c1ccccc1Nc1nc(Nc2cc(C(O)(O)O)c(C3CC(C)(O)NC(O)(O)C3)cc2OC(C)(C)O)ncc1Cl. The van der Waals surface area contributed by atoms with Gasteiger partial charge in [-0.3, -0.25) is 0 Å². The average molecular weight is 684 g/mol. The molecule has 10 N–H and O–H groups in total. The summed E-state index contributed by atoms with van der Waals surface area (Å²) in [5.41, 5.74) is -2.26. The summed E-state index contributed by atoms with van der Waals surface area (Å²) >= 11 is 6.35. The number of sulfone groups is 1. The van der Waals surface area contributed by atoms with E-state index in [1.54, 1.807) is 26.0 Å². The van der Waals surface area contributed by atoms with Crippen molar-refractivity contribution in [2.75, 3.05) is 10.6 Å². The lowest BCUT2D eigenvalue weighted by molar-refractivity contribution is -0.324. The number of aromatic nitrogens is 2. The van der Waals surface area contributed by atoms with Crippen LogP contribution in [0.25, 0.3) is 0 Å². The molecule has 2 aromatic carbocycles. The standard InChI is InChI=1S/C29H38ClN5O10S/c1-15(2)46(43,44)23-9-7-6-8-20(23)32-24-19(30)14-31-25(34-24)33-21-11-18(29(40,41)42)17(10-22(21)45-26(3,4)36)16-12-27(5,37)35-28(38,39)13-16/h6-11,14-16,35-42H,12-13H2,1-5H3,(H2,31,32,33,34). The van der Waals surface area contributed by atoms with Crippen LogP contribution < -0.4 is 20.7 Å². The first-order chi connectivity index (χ1) is 21.0. The molecule has 46 heavy (non-hydrogen) atoms. The molecule has 1 aliphatic rings. The molecule has 15 nitrogen and oxygen atoms in total. The largest absolute Gasteiger partial charge is 0.461 e. The van der Waals surface area contributed by atoms with Gasteiger partial charge in [-0.05, 0) is 62.9 Å². The molecule has 1 aromatic heterocycles. The number of halogens is 1. The molecule has 2 unspecified atom stereocenters. The van der Waals surface area contributed by atoms with Crippen LogP contribution >= 0.6 is 11.6 Å². The second kappa shape index (κ2) is 12.5. The van der Waals surface area contributed by atoms with Gasteiger partial charge in [-0.15, -0.1) is 0 Å². The number of nitrogens with one attached hydrogen (secondary N) is 3. The van der Waals surface area contributed by atoms with Crippen molar-refractivity contribution in [3.63, 3.8) is 0 Å². The predicted molar refractivity (Wildman–Crippen MR) is 167 cm³/mol. The maximum atomic E-state index is 13.0. The first kappa shape index (κ1) is 35.7. The first-order valence-electron chi connectivity index (χ1n) is 14.1. The highest BCUT2D eigenvalue weighted by atomic mass is 35.5. The Morgan fingerprint density at radius 2 is 1.70 bits per heavy atom. The van der Waals surface area contributed by atoms with Crippen molar-refractivity contribution in [1.82, 2.24) is 15.3 Å². The lowest BCUT2D eigenvalue weighted by atomic mass is 9.80. The van der Waals surface area contributed by atoms with Crippen LogP contribution in [0.15, 0.2) is 47.5 Å². The van der Waals surface area contributed by atoms with Gasteiger partial charge in [0.05, 0.1) is 27.7 Å². The van der Waals surface area contributed by atoms with Crippen LogP contribution in [0.4, 0.5) is 23.1 Å². The molecule has 0 amide bonds. The number of hydrogen-bond acceptors (Lipinski definition) is 15. The zero-order valence-corrected chi connectivity index (χ0v) is 27.2. The summed E-state index contributed by atoms with van der Waals surface area (Å²) in [4.78, 5) is 8.49. The van der Waals surface area contributed by atoms with E-state index in [-0.39, 0.29) is 50.8 Å². The summed E-state index contributed by atoms with van der Waals surface area (Å²) in [5.74, 6) is -9.04. The molecule has 0 saturated carbocycles. The third kappa shape index (κ3) is 8.40. The van der Waals surface area contributed by atoms with E-state index < -0.39 is 56.4 Å². The fourth-order valence-corrected chi connectivity index (χ4v) is 6.50. The van der Waals surface area contributed by atoms with Gasteiger partial charge in [-0.2, -0.15) is 4.98 Å². The van der Waals surface area contributed by atoms with Crippen LogP contribution in [-0.4, -0.2) is 76.8 Å². The molecule has 2 atom stereocenters. The third-order valence-electron chi connectivity index (χ3n) is 7.01. The molecule has 17 heteroatoms. The minimum Gasteiger partial charge on any atom is -0.461 e. The van der Waals surface area contributed by atoms with Gasteiger partial charge < -0.3 is 51.1 Å². The Kier molecular flexibility index (Phi) is 9.67. The molecule has 1 aliphatic heterocycles. The lowest BCUT2D eigenvalue weighted by Crippen LogP contribution is -2.61. The number of hydrogen-bond donors (Lipinski definition) is 10. The van der Waals surface area contributed by atoms with Crippen molar-refractivity contribution in [3.05, 3.63) is 58.7 Å². The summed E-state index contributed by atoms with van der Waals surface area (Å²) in [7, 11) is -3.70. The highest BCUT2D eigenvalue weighted by Gasteiger charge is 2.45. The maximum Gasteiger partial charge on any atom is 0.304 e. The molecule has 2 heterocycles. The summed E-state index contributed by atoms with van der Waals surface area (Å²) < 4.78 is 31.6. The summed E-state index contributed by atoms with van der Waals surface area (Å²) in [6, 6.07) is 8.49. The van der Waals surface area contributed by atoms with Crippen LogP contribution in [0.1, 0.15) is 64.5 Å². The Hall–Kier alpha value is -3.16. The van der Waals surface area contributed by atoms with Gasteiger partial charge in [-0.25, -0.2) is 18.7 Å². The van der Waals surface area contributed by atoms with Crippen molar-refractivity contribution in [2.45, 2.75) is 86.9 Å². The number of ether oxygens (including phenoxy) is 1. The minimum atomic E-state index is -3.70. The molecule has 3 aromatic rings. The Balaban J connectivity index is 1.80. The molecular weight excluding hydrogens is 646 g/mol. The monoisotopic (exact) mass is 683 g/mol. The lowest BCUT2D eigenvalue weighted by Gasteiger charge is -2.43. The molecule has 1 fully saturated rings. The van der Waals surface area contributed by atoms with E-state index in [0.29, 0.717) is 0 Å². The van der Waals surface area contributed by atoms with Crippen molar-refractivity contribution < 1.29 is 48.9 Å². The van der Waals surface area contributed by atoms with Crippen molar-refractivity contribution in [1.29, 1.82) is 0 Å². The molecule has 0 spiro atoms. The molecule has 1 saturated heterocycles. The van der Waals surface area contributed by atoms with Crippen molar-refractivity contribution >= 4 is 44.6 Å². The first-order valence-corrected chi connectivity index (χ1v) is 16.0. The number of rotatable bonds is 10. The van der Waals surface area contributed by atoms with Gasteiger partial charge in [0.1, 0.15) is 16.5 Å². The maximum absolute atomic E-state index is 13.0. The number of piperidine rings is 1. The summed E-state index contributed by atoms with van der Waals surface area (Å²) in [6.45, 7) is 7.04. The van der Waals surface area contributed by atoms with E-state index in [2.05, 4.69) is 25.9 Å². The van der Waals surface area contributed by atoms with Crippen LogP contribution in [0, 0.1) is 0 Å². The van der Waals surface area contributed by atoms with Gasteiger partial charge in [0.15, 0.2) is 15.7 Å². The van der Waals surface area contributed by atoms with Gasteiger partial charge in [0.25, 0.3) is 0 Å². The van der Waals surface area contributed by atoms with Crippen LogP contribution in [-0.2, 0) is 15.8 Å². The Bertz CT molecular complexity index is 1690. The van der Waals surface area contributed by atoms with Gasteiger partial charge >= 0.3 is 5.97 Å². The molecule has 252 valence electrons. The van der Waals surface area contributed by atoms with Crippen LogP contribution in [0.2, 0.25) is 5.02 Å². The molecule has 0 radical (unpaired) electrons. The number of nitrogens with zero attached hydrogens (tertiary/aromatic N) is 2. The summed E-state index contributed by atoms with van der Waals surface area (Å²) in [6.07, 6.45) is 0.624. The van der Waals surface area contributed by atoms with E-state index in [1.807, 2.05) is 0 Å². The number of para-hydroxylation sites is 1. The van der Waals surface area contributed by atoms with Gasteiger partial charge in [0.2, 0.25) is 17.6 Å². The number of anilines is 4. The second-order valence-electron chi connectivity index (χ2n) is 12.2.